The van der Waals surface area contributed by atoms with Crippen LogP contribution in [0.25, 0.3) is 32.2 Å². The van der Waals surface area contributed by atoms with E-state index in [1.54, 1.807) is 22.7 Å². The molecule has 0 spiro atoms. The maximum atomic E-state index is 13.0. The van der Waals surface area contributed by atoms with Gasteiger partial charge in [-0.2, -0.15) is 0 Å². The van der Waals surface area contributed by atoms with E-state index < -0.39 is 0 Å². The topological polar surface area (TPSA) is 54.9 Å². The molecule has 3 aromatic heterocycles. The lowest BCUT2D eigenvalue weighted by molar-refractivity contribution is 0.0891. The van der Waals surface area contributed by atoms with E-state index in [1.165, 1.54) is 12.8 Å². The van der Waals surface area contributed by atoms with Crippen molar-refractivity contribution in [3.05, 3.63) is 58.8 Å². The van der Waals surface area contributed by atoms with Crippen molar-refractivity contribution in [1.29, 1.82) is 0 Å². The molecule has 3 atom stereocenters. The first kappa shape index (κ1) is 20.3. The van der Waals surface area contributed by atoms with Crippen LogP contribution in [-0.4, -0.2) is 21.9 Å². The Morgan fingerprint density at radius 3 is 2.26 bits per heavy atom. The summed E-state index contributed by atoms with van der Waals surface area (Å²) in [6, 6.07) is 14.1. The summed E-state index contributed by atoms with van der Waals surface area (Å²) in [5.74, 6) is 1.12. The Balaban J connectivity index is 1.51. The van der Waals surface area contributed by atoms with Gasteiger partial charge in [-0.1, -0.05) is 38.8 Å². The van der Waals surface area contributed by atoms with E-state index in [4.69, 9.17) is 9.97 Å². The SMILES string of the molecule is CC1CCCC(NC(=O)c2ccc3nc(-c4cccs4)c(-c4cccs4)nc3c2)C1C. The number of benzene rings is 1. The second kappa shape index (κ2) is 8.52. The molecule has 6 heteroatoms. The van der Waals surface area contributed by atoms with Gasteiger partial charge in [0.1, 0.15) is 11.4 Å². The Labute approximate surface area is 190 Å². The molecule has 3 unspecified atom stereocenters. The number of fused-ring (bicyclic) bond motifs is 1. The second-order valence-corrected chi connectivity index (χ2v) is 10.3. The predicted octanol–water partition coefficient (Wildman–Crippen LogP) is 6.64. The minimum Gasteiger partial charge on any atom is -0.349 e. The molecular formula is C25H25N3OS2. The number of carbonyl (C=O) groups excluding carboxylic acids is 1. The van der Waals surface area contributed by atoms with Crippen LogP contribution in [0.3, 0.4) is 0 Å². The molecule has 31 heavy (non-hydrogen) atoms. The monoisotopic (exact) mass is 447 g/mol. The Morgan fingerprint density at radius 2 is 1.61 bits per heavy atom. The van der Waals surface area contributed by atoms with E-state index in [1.807, 2.05) is 30.3 Å². The predicted molar refractivity (Wildman–Crippen MR) is 130 cm³/mol. The summed E-state index contributed by atoms with van der Waals surface area (Å²) in [4.78, 5) is 25.1. The van der Waals surface area contributed by atoms with Gasteiger partial charge in [-0.3, -0.25) is 4.79 Å². The molecule has 5 rings (SSSR count). The van der Waals surface area contributed by atoms with Crippen molar-refractivity contribution in [3.63, 3.8) is 0 Å². The van der Waals surface area contributed by atoms with Gasteiger partial charge in [0, 0.05) is 11.6 Å². The number of hydrogen-bond acceptors (Lipinski definition) is 5. The third kappa shape index (κ3) is 4.02. The molecular weight excluding hydrogens is 422 g/mol. The number of amides is 1. The van der Waals surface area contributed by atoms with Gasteiger partial charge in [-0.15, -0.1) is 22.7 Å². The molecule has 0 aliphatic heterocycles. The van der Waals surface area contributed by atoms with Crippen LogP contribution in [0.2, 0.25) is 0 Å². The van der Waals surface area contributed by atoms with Crippen molar-refractivity contribution in [2.24, 2.45) is 11.8 Å². The smallest absolute Gasteiger partial charge is 0.251 e. The molecule has 158 valence electrons. The lowest BCUT2D eigenvalue weighted by Crippen LogP contribution is -2.43. The van der Waals surface area contributed by atoms with E-state index in [0.717, 1.165) is 38.6 Å². The molecule has 1 aliphatic carbocycles. The molecule has 4 aromatic rings. The van der Waals surface area contributed by atoms with Gasteiger partial charge in [-0.05, 0) is 59.3 Å². The highest BCUT2D eigenvalue weighted by atomic mass is 32.1. The number of nitrogens with zero attached hydrogens (tertiary/aromatic N) is 2. The number of carbonyl (C=O) groups is 1. The van der Waals surface area contributed by atoms with E-state index in [9.17, 15) is 4.79 Å². The average Bonchev–Trinajstić information content (AvgIpc) is 3.50. The van der Waals surface area contributed by atoms with Gasteiger partial charge in [0.25, 0.3) is 5.91 Å². The Morgan fingerprint density at radius 1 is 0.935 bits per heavy atom. The fourth-order valence-corrected chi connectivity index (χ4v) is 5.83. The highest BCUT2D eigenvalue weighted by Gasteiger charge is 2.28. The van der Waals surface area contributed by atoms with Gasteiger partial charge in [0.15, 0.2) is 0 Å². The molecule has 1 N–H and O–H groups in total. The van der Waals surface area contributed by atoms with Crippen molar-refractivity contribution in [2.45, 2.75) is 39.2 Å². The average molecular weight is 448 g/mol. The summed E-state index contributed by atoms with van der Waals surface area (Å²) in [6.07, 6.45) is 3.48. The standard InChI is InChI=1S/C25H25N3OS2/c1-15-6-3-7-18(16(15)2)28-25(29)17-10-11-19-20(14-17)27-24(22-9-5-13-31-22)23(26-19)21-8-4-12-30-21/h4-5,8-16,18H,3,6-7H2,1-2H3,(H,28,29). The largest absolute Gasteiger partial charge is 0.349 e. The first-order chi connectivity index (χ1) is 15.1. The van der Waals surface area contributed by atoms with Crippen LogP contribution < -0.4 is 5.32 Å². The molecule has 1 saturated carbocycles. The third-order valence-corrected chi connectivity index (χ3v) is 8.21. The molecule has 1 aromatic carbocycles. The molecule has 0 saturated heterocycles. The lowest BCUT2D eigenvalue weighted by atomic mass is 9.78. The number of aromatic nitrogens is 2. The van der Waals surface area contributed by atoms with Crippen LogP contribution in [0.15, 0.2) is 53.2 Å². The normalized spacial score (nSPS) is 21.3. The second-order valence-electron chi connectivity index (χ2n) is 8.43. The third-order valence-electron chi connectivity index (χ3n) is 6.46. The Kier molecular flexibility index (Phi) is 5.59. The summed E-state index contributed by atoms with van der Waals surface area (Å²) in [6.45, 7) is 4.53. The summed E-state index contributed by atoms with van der Waals surface area (Å²) >= 11 is 3.31. The zero-order chi connectivity index (χ0) is 21.4. The number of thiophene rings is 2. The van der Waals surface area contributed by atoms with Gasteiger partial charge in [0.05, 0.1) is 20.8 Å². The van der Waals surface area contributed by atoms with Gasteiger partial charge in [0.2, 0.25) is 0 Å². The number of hydrogen-bond donors (Lipinski definition) is 1. The highest BCUT2D eigenvalue weighted by Crippen LogP contribution is 2.35. The van der Waals surface area contributed by atoms with Crippen molar-refractivity contribution in [3.8, 4) is 21.1 Å². The van der Waals surface area contributed by atoms with Crippen molar-refractivity contribution >= 4 is 39.6 Å². The maximum absolute atomic E-state index is 13.0. The van der Waals surface area contributed by atoms with Gasteiger partial charge < -0.3 is 5.32 Å². The minimum atomic E-state index is -0.0188. The summed E-state index contributed by atoms with van der Waals surface area (Å²) in [5.41, 5.74) is 3.97. The maximum Gasteiger partial charge on any atom is 0.251 e. The van der Waals surface area contributed by atoms with Crippen molar-refractivity contribution in [1.82, 2.24) is 15.3 Å². The van der Waals surface area contributed by atoms with E-state index in [2.05, 4.69) is 42.1 Å². The summed E-state index contributed by atoms with van der Waals surface area (Å²) in [7, 11) is 0. The van der Waals surface area contributed by atoms with Crippen LogP contribution in [0.5, 0.6) is 0 Å². The van der Waals surface area contributed by atoms with Crippen molar-refractivity contribution in [2.75, 3.05) is 0 Å². The fourth-order valence-electron chi connectivity index (χ4n) is 4.40. The van der Waals surface area contributed by atoms with Crippen molar-refractivity contribution < 1.29 is 4.79 Å². The number of rotatable bonds is 4. The van der Waals surface area contributed by atoms with Gasteiger partial charge in [-0.25, -0.2) is 9.97 Å². The first-order valence-electron chi connectivity index (χ1n) is 10.8. The van der Waals surface area contributed by atoms with Crippen LogP contribution >= 0.6 is 22.7 Å². The molecule has 4 nitrogen and oxygen atoms in total. The Hall–Kier alpha value is -2.57. The van der Waals surface area contributed by atoms with Crippen LogP contribution in [0.1, 0.15) is 43.5 Å². The molecule has 0 radical (unpaired) electrons. The van der Waals surface area contributed by atoms with Crippen LogP contribution in [-0.2, 0) is 0 Å². The van der Waals surface area contributed by atoms with Gasteiger partial charge >= 0.3 is 0 Å². The first-order valence-corrected chi connectivity index (χ1v) is 12.6. The van der Waals surface area contributed by atoms with Crippen LogP contribution in [0.4, 0.5) is 0 Å². The minimum absolute atomic E-state index is 0.0188. The summed E-state index contributed by atoms with van der Waals surface area (Å²) in [5, 5.41) is 7.38. The highest BCUT2D eigenvalue weighted by molar-refractivity contribution is 7.14. The quantitative estimate of drug-likeness (QED) is 0.381. The molecule has 1 aliphatic rings. The van der Waals surface area contributed by atoms with E-state index >= 15 is 0 Å². The molecule has 1 fully saturated rings. The molecule has 0 bridgehead atoms. The van der Waals surface area contributed by atoms with E-state index in [0.29, 0.717) is 17.4 Å². The zero-order valence-corrected chi connectivity index (χ0v) is 19.3. The molecule has 1 amide bonds. The Bertz CT molecular complexity index is 1200. The summed E-state index contributed by atoms with van der Waals surface area (Å²) < 4.78 is 0. The van der Waals surface area contributed by atoms with E-state index in [-0.39, 0.29) is 11.9 Å². The lowest BCUT2D eigenvalue weighted by Gasteiger charge is -2.34. The fraction of sp³-hybridized carbons (Fsp3) is 0.320. The zero-order valence-electron chi connectivity index (χ0n) is 17.7. The van der Waals surface area contributed by atoms with Crippen LogP contribution in [0, 0.1) is 11.8 Å². The number of nitrogens with one attached hydrogen (secondary N) is 1. The molecule has 3 heterocycles.